The first-order valence-corrected chi connectivity index (χ1v) is 9.17. The number of pyridine rings is 2. The average molecular weight is 404 g/mol. The molecule has 1 amide bonds. The highest BCUT2D eigenvalue weighted by molar-refractivity contribution is 5.94. The van der Waals surface area contributed by atoms with Crippen LogP contribution in [0.5, 0.6) is 0 Å². The molecule has 0 unspecified atom stereocenters. The third kappa shape index (κ3) is 4.02. The first-order valence-electron chi connectivity index (χ1n) is 9.17. The van der Waals surface area contributed by atoms with E-state index in [0.29, 0.717) is 17.0 Å². The topological polar surface area (TPSA) is 97.3 Å². The van der Waals surface area contributed by atoms with Gasteiger partial charge in [-0.25, -0.2) is 9.97 Å². The van der Waals surface area contributed by atoms with E-state index in [9.17, 15) is 18.0 Å². The zero-order chi connectivity index (χ0) is 20.6. The Morgan fingerprint density at radius 3 is 2.79 bits per heavy atom. The van der Waals surface area contributed by atoms with Crippen molar-refractivity contribution in [1.29, 1.82) is 0 Å². The second-order valence-corrected chi connectivity index (χ2v) is 6.96. The zero-order valence-corrected chi connectivity index (χ0v) is 15.3. The minimum atomic E-state index is -4.59. The van der Waals surface area contributed by atoms with Crippen molar-refractivity contribution in [2.75, 3.05) is 17.6 Å². The van der Waals surface area contributed by atoms with Gasteiger partial charge in [0.2, 0.25) is 5.91 Å². The molecule has 10 heteroatoms. The van der Waals surface area contributed by atoms with Gasteiger partial charge in [-0.3, -0.25) is 4.79 Å². The molecule has 0 spiro atoms. The van der Waals surface area contributed by atoms with Crippen molar-refractivity contribution in [3.05, 3.63) is 42.4 Å². The first-order chi connectivity index (χ1) is 13.8. The number of piperidine rings is 1. The molecule has 0 bridgehead atoms. The van der Waals surface area contributed by atoms with Crippen LogP contribution in [0.15, 0.2) is 36.8 Å². The Morgan fingerprint density at radius 2 is 2.07 bits per heavy atom. The smallest absolute Gasteiger partial charge is 0.383 e. The van der Waals surface area contributed by atoms with Crippen LogP contribution < -0.4 is 16.4 Å². The molecule has 1 saturated heterocycles. The largest absolute Gasteiger partial charge is 0.419 e. The van der Waals surface area contributed by atoms with Gasteiger partial charge in [-0.2, -0.15) is 13.2 Å². The van der Waals surface area contributed by atoms with E-state index in [4.69, 9.17) is 5.73 Å². The number of halogens is 3. The molecule has 0 saturated carbocycles. The number of nitrogen functional groups attached to an aromatic ring is 1. The summed E-state index contributed by atoms with van der Waals surface area (Å²) in [5.74, 6) is -0.330. The molecule has 0 aromatic carbocycles. The summed E-state index contributed by atoms with van der Waals surface area (Å²) in [7, 11) is 0. The third-order valence-corrected chi connectivity index (χ3v) is 4.89. The van der Waals surface area contributed by atoms with Crippen LogP contribution in [0, 0.1) is 0 Å². The highest BCUT2D eigenvalue weighted by Crippen LogP contribution is 2.35. The lowest BCUT2D eigenvalue weighted by Crippen LogP contribution is -2.43. The van der Waals surface area contributed by atoms with E-state index in [1.54, 1.807) is 28.9 Å². The molecule has 1 fully saturated rings. The predicted octanol–water partition coefficient (Wildman–Crippen LogP) is 3.08. The lowest BCUT2D eigenvalue weighted by Gasteiger charge is -2.21. The van der Waals surface area contributed by atoms with Gasteiger partial charge in [0.25, 0.3) is 0 Å². The fraction of sp³-hybridized carbons (Fsp3) is 0.316. The van der Waals surface area contributed by atoms with Crippen molar-refractivity contribution < 1.29 is 18.0 Å². The molecule has 7 nitrogen and oxygen atoms in total. The summed E-state index contributed by atoms with van der Waals surface area (Å²) in [6.45, 7) is 0.808. The van der Waals surface area contributed by atoms with Crippen molar-refractivity contribution in [1.82, 2.24) is 19.7 Å². The van der Waals surface area contributed by atoms with Crippen LogP contribution in [0.25, 0.3) is 16.8 Å². The van der Waals surface area contributed by atoms with E-state index in [-0.39, 0.29) is 17.5 Å². The maximum absolute atomic E-state index is 13.1. The number of nitrogens with two attached hydrogens (primary N) is 1. The van der Waals surface area contributed by atoms with Crippen LogP contribution in [0.1, 0.15) is 24.8 Å². The number of imidazole rings is 1. The highest BCUT2D eigenvalue weighted by atomic mass is 19.4. The number of carbonyl (C=O) groups excluding carboxylic acids is 1. The van der Waals surface area contributed by atoms with Crippen molar-refractivity contribution >= 4 is 23.2 Å². The number of anilines is 2. The molecular weight excluding hydrogens is 385 g/mol. The standard InChI is InChI=1S/C19H19F3N6O/c20-19(21,22)13-7-12(8-25-17(13)23)11-4-5-16-26-15(10-28(16)9-11)27-18(29)14-3-1-2-6-24-14/h4-5,7-10,14,24H,1-3,6H2,(H2,23,25)(H,27,29)/t14-/m0/s1. The molecule has 4 N–H and O–H groups in total. The number of rotatable bonds is 3. The van der Waals surface area contributed by atoms with Gasteiger partial charge in [-0.15, -0.1) is 0 Å². The molecule has 4 rings (SSSR count). The van der Waals surface area contributed by atoms with Gasteiger partial charge in [-0.05, 0) is 37.6 Å². The van der Waals surface area contributed by atoms with Gasteiger partial charge in [0.1, 0.15) is 11.5 Å². The fourth-order valence-electron chi connectivity index (χ4n) is 3.37. The second-order valence-electron chi connectivity index (χ2n) is 6.96. The number of nitrogens with one attached hydrogen (secondary N) is 2. The van der Waals surface area contributed by atoms with E-state index in [0.717, 1.165) is 31.9 Å². The Morgan fingerprint density at radius 1 is 1.24 bits per heavy atom. The van der Waals surface area contributed by atoms with Crippen LogP contribution in [0.2, 0.25) is 0 Å². The minimum Gasteiger partial charge on any atom is -0.383 e. The Hall–Kier alpha value is -3.14. The number of fused-ring (bicyclic) bond motifs is 1. The van der Waals surface area contributed by atoms with E-state index in [1.165, 1.54) is 6.20 Å². The van der Waals surface area contributed by atoms with Crippen LogP contribution in [-0.4, -0.2) is 32.9 Å². The maximum Gasteiger partial charge on any atom is 0.419 e. The van der Waals surface area contributed by atoms with Gasteiger partial charge in [-0.1, -0.05) is 6.42 Å². The van der Waals surface area contributed by atoms with E-state index in [1.807, 2.05) is 0 Å². The number of hydrogen-bond donors (Lipinski definition) is 3. The molecular formula is C19H19F3N6O. The van der Waals surface area contributed by atoms with E-state index in [2.05, 4.69) is 20.6 Å². The third-order valence-electron chi connectivity index (χ3n) is 4.89. The highest BCUT2D eigenvalue weighted by Gasteiger charge is 2.34. The molecule has 152 valence electrons. The average Bonchev–Trinajstić information content (AvgIpc) is 3.09. The summed E-state index contributed by atoms with van der Waals surface area (Å²) in [6, 6.07) is 4.03. The Bertz CT molecular complexity index is 1060. The molecule has 1 atom stereocenters. The van der Waals surface area contributed by atoms with Crippen LogP contribution in [0.3, 0.4) is 0 Å². The molecule has 3 aromatic heterocycles. The van der Waals surface area contributed by atoms with Crippen LogP contribution in [0.4, 0.5) is 24.8 Å². The zero-order valence-electron chi connectivity index (χ0n) is 15.3. The summed E-state index contributed by atoms with van der Waals surface area (Å²) in [6.07, 6.45) is 2.78. The van der Waals surface area contributed by atoms with E-state index < -0.39 is 17.6 Å². The summed E-state index contributed by atoms with van der Waals surface area (Å²) >= 11 is 0. The Kier molecular flexibility index (Phi) is 4.87. The first kappa shape index (κ1) is 19.2. The molecule has 4 heterocycles. The molecule has 1 aliphatic rings. The van der Waals surface area contributed by atoms with Gasteiger partial charge in [0, 0.05) is 23.5 Å². The SMILES string of the molecule is Nc1ncc(-c2ccc3nc(NC(=O)[C@@H]4CCCCN4)cn3c2)cc1C(F)(F)F. The number of carbonyl (C=O) groups is 1. The van der Waals surface area contributed by atoms with Crippen molar-refractivity contribution in [2.24, 2.45) is 0 Å². The van der Waals surface area contributed by atoms with Gasteiger partial charge >= 0.3 is 6.18 Å². The van der Waals surface area contributed by atoms with Crippen molar-refractivity contribution in [2.45, 2.75) is 31.5 Å². The Balaban J connectivity index is 1.60. The minimum absolute atomic E-state index is 0.147. The van der Waals surface area contributed by atoms with Crippen LogP contribution in [-0.2, 0) is 11.0 Å². The fourth-order valence-corrected chi connectivity index (χ4v) is 3.37. The number of aromatic nitrogens is 3. The van der Waals surface area contributed by atoms with E-state index >= 15 is 0 Å². The van der Waals surface area contributed by atoms with Gasteiger partial charge < -0.3 is 20.8 Å². The number of amides is 1. The normalized spacial score (nSPS) is 17.4. The molecule has 3 aromatic rings. The number of nitrogens with zero attached hydrogens (tertiary/aromatic N) is 3. The lowest BCUT2D eigenvalue weighted by molar-refractivity contribution is -0.137. The van der Waals surface area contributed by atoms with Gasteiger partial charge in [0.15, 0.2) is 5.82 Å². The monoisotopic (exact) mass is 404 g/mol. The summed E-state index contributed by atoms with van der Waals surface area (Å²) < 4.78 is 40.9. The molecule has 0 aliphatic carbocycles. The quantitative estimate of drug-likeness (QED) is 0.623. The van der Waals surface area contributed by atoms with Crippen molar-refractivity contribution in [3.8, 4) is 11.1 Å². The van der Waals surface area contributed by atoms with Gasteiger partial charge in [0.05, 0.1) is 17.8 Å². The number of hydrogen-bond acceptors (Lipinski definition) is 5. The molecule has 0 radical (unpaired) electrons. The lowest BCUT2D eigenvalue weighted by atomic mass is 10.0. The second kappa shape index (κ2) is 7.36. The number of alkyl halides is 3. The summed E-state index contributed by atoms with van der Waals surface area (Å²) in [5.41, 5.74) is 5.73. The predicted molar refractivity (Wildman–Crippen MR) is 102 cm³/mol. The summed E-state index contributed by atoms with van der Waals surface area (Å²) in [4.78, 5) is 20.4. The van der Waals surface area contributed by atoms with Crippen molar-refractivity contribution in [3.63, 3.8) is 0 Å². The molecule has 1 aliphatic heterocycles. The Labute approximate surface area is 164 Å². The summed E-state index contributed by atoms with van der Waals surface area (Å²) in [5, 5.41) is 5.96. The molecule has 29 heavy (non-hydrogen) atoms. The van der Waals surface area contributed by atoms with Crippen LogP contribution >= 0.6 is 0 Å². The maximum atomic E-state index is 13.1.